The summed E-state index contributed by atoms with van der Waals surface area (Å²) in [6.45, 7) is 6.20. The van der Waals surface area contributed by atoms with Crippen molar-refractivity contribution < 1.29 is 19.4 Å². The molecule has 1 unspecified atom stereocenters. The molecule has 1 fully saturated rings. The van der Waals surface area contributed by atoms with Gasteiger partial charge in [-0.15, -0.1) is 0 Å². The highest BCUT2D eigenvalue weighted by Gasteiger charge is 2.27. The van der Waals surface area contributed by atoms with Gasteiger partial charge in [0.1, 0.15) is 5.69 Å². The molecule has 1 aliphatic rings. The predicted molar refractivity (Wildman–Crippen MR) is 80.9 cm³/mol. The van der Waals surface area contributed by atoms with Crippen LogP contribution in [0, 0.1) is 5.92 Å². The number of carboxylic acid groups (broad SMARTS) is 1. The average Bonchev–Trinajstić information content (AvgIpc) is 2.95. The molecule has 1 aliphatic heterocycles. The lowest BCUT2D eigenvalue weighted by atomic mass is 10.1. The number of hydrogen-bond donors (Lipinski definition) is 1. The zero-order valence-electron chi connectivity index (χ0n) is 13.0. The van der Waals surface area contributed by atoms with Crippen LogP contribution in [0.1, 0.15) is 47.5 Å². The van der Waals surface area contributed by atoms with Crippen LogP contribution in [0.5, 0.6) is 0 Å². The number of likely N-dealkylation sites (tertiary alicyclic amines) is 1. The largest absolute Gasteiger partial charge is 0.477 e. The fourth-order valence-corrected chi connectivity index (χ4v) is 2.38. The first-order chi connectivity index (χ1) is 10.5. The Balaban J connectivity index is 1.91. The molecule has 1 aromatic rings. The van der Waals surface area contributed by atoms with Crippen LogP contribution in [0.15, 0.2) is 18.3 Å². The molecule has 0 bridgehead atoms. The summed E-state index contributed by atoms with van der Waals surface area (Å²) in [7, 11) is 0. The molecule has 0 saturated carbocycles. The molecule has 0 aromatic carbocycles. The minimum atomic E-state index is -1.13. The number of amides is 1. The van der Waals surface area contributed by atoms with E-state index in [1.165, 1.54) is 12.3 Å². The van der Waals surface area contributed by atoms with Gasteiger partial charge >= 0.3 is 5.97 Å². The number of nitrogens with zero attached hydrogens (tertiary/aromatic N) is 2. The summed E-state index contributed by atoms with van der Waals surface area (Å²) in [5, 5.41) is 8.93. The molecule has 2 heterocycles. The zero-order valence-corrected chi connectivity index (χ0v) is 13.0. The molecule has 6 heteroatoms. The van der Waals surface area contributed by atoms with Crippen LogP contribution in [-0.4, -0.2) is 52.7 Å². The molecule has 2 rings (SSSR count). The van der Waals surface area contributed by atoms with E-state index in [1.54, 1.807) is 11.0 Å². The third kappa shape index (κ3) is 4.27. The van der Waals surface area contributed by atoms with Crippen molar-refractivity contribution in [3.63, 3.8) is 0 Å². The van der Waals surface area contributed by atoms with Gasteiger partial charge in [-0.3, -0.25) is 4.79 Å². The highest BCUT2D eigenvalue weighted by atomic mass is 16.5. The molecule has 1 saturated heterocycles. The Morgan fingerprint density at radius 3 is 2.95 bits per heavy atom. The molecule has 1 amide bonds. The SMILES string of the molecule is CC(C)CCOC1CCN(C(=O)c2ccnc(C(=O)O)c2)C1. The van der Waals surface area contributed by atoms with Crippen LogP contribution in [-0.2, 0) is 4.74 Å². The van der Waals surface area contributed by atoms with Gasteiger partial charge < -0.3 is 14.7 Å². The molecule has 0 aliphatic carbocycles. The minimum Gasteiger partial charge on any atom is -0.477 e. The van der Waals surface area contributed by atoms with E-state index in [4.69, 9.17) is 9.84 Å². The molecule has 6 nitrogen and oxygen atoms in total. The van der Waals surface area contributed by atoms with Gasteiger partial charge in [0.25, 0.3) is 5.91 Å². The molecule has 1 aromatic heterocycles. The molecular formula is C16H22N2O4. The van der Waals surface area contributed by atoms with Crippen LogP contribution in [0.3, 0.4) is 0 Å². The lowest BCUT2D eigenvalue weighted by Crippen LogP contribution is -2.30. The van der Waals surface area contributed by atoms with E-state index >= 15 is 0 Å². The van der Waals surface area contributed by atoms with Crippen molar-refractivity contribution in [3.05, 3.63) is 29.6 Å². The second-order valence-electron chi connectivity index (χ2n) is 5.95. The summed E-state index contributed by atoms with van der Waals surface area (Å²) in [5.41, 5.74) is 0.241. The van der Waals surface area contributed by atoms with Crippen molar-refractivity contribution in [2.24, 2.45) is 5.92 Å². The van der Waals surface area contributed by atoms with E-state index in [0.717, 1.165) is 12.8 Å². The van der Waals surface area contributed by atoms with Gasteiger partial charge in [-0.2, -0.15) is 0 Å². The van der Waals surface area contributed by atoms with Crippen LogP contribution in [0.4, 0.5) is 0 Å². The normalized spacial score (nSPS) is 18.0. The summed E-state index contributed by atoms with van der Waals surface area (Å²) in [6.07, 6.45) is 3.25. The Bertz CT molecular complexity index is 545. The van der Waals surface area contributed by atoms with Gasteiger partial charge in [0.15, 0.2) is 0 Å². The predicted octanol–water partition coefficient (Wildman–Crippen LogP) is 2.06. The van der Waals surface area contributed by atoms with E-state index in [9.17, 15) is 9.59 Å². The maximum atomic E-state index is 12.4. The summed E-state index contributed by atoms with van der Waals surface area (Å²) in [5.74, 6) is -0.698. The number of hydrogen-bond acceptors (Lipinski definition) is 4. The molecule has 0 radical (unpaired) electrons. The Labute approximate surface area is 130 Å². The van der Waals surface area contributed by atoms with Crippen molar-refractivity contribution in [1.29, 1.82) is 0 Å². The van der Waals surface area contributed by atoms with E-state index in [2.05, 4.69) is 18.8 Å². The Morgan fingerprint density at radius 2 is 2.27 bits per heavy atom. The lowest BCUT2D eigenvalue weighted by Gasteiger charge is -2.17. The van der Waals surface area contributed by atoms with Crippen LogP contribution in [0.25, 0.3) is 0 Å². The van der Waals surface area contributed by atoms with E-state index in [0.29, 0.717) is 31.2 Å². The van der Waals surface area contributed by atoms with Crippen LogP contribution in [0.2, 0.25) is 0 Å². The number of carboxylic acids is 1. The maximum Gasteiger partial charge on any atom is 0.354 e. The highest BCUT2D eigenvalue weighted by molar-refractivity contribution is 5.96. The molecule has 1 N–H and O–H groups in total. The smallest absolute Gasteiger partial charge is 0.354 e. The quantitative estimate of drug-likeness (QED) is 0.870. The topological polar surface area (TPSA) is 79.7 Å². The first-order valence-electron chi connectivity index (χ1n) is 7.57. The number of carbonyl (C=O) groups is 2. The van der Waals surface area contributed by atoms with E-state index in [-0.39, 0.29) is 17.7 Å². The van der Waals surface area contributed by atoms with Crippen molar-refractivity contribution >= 4 is 11.9 Å². The highest BCUT2D eigenvalue weighted by Crippen LogP contribution is 2.17. The number of aromatic carboxylic acids is 1. The standard InChI is InChI=1S/C16H22N2O4/c1-11(2)5-8-22-13-4-7-18(10-13)15(19)12-3-6-17-14(9-12)16(20)21/h3,6,9,11,13H,4-5,7-8,10H2,1-2H3,(H,20,21). The van der Waals surface area contributed by atoms with Gasteiger partial charge in [-0.25, -0.2) is 9.78 Å². The first kappa shape index (κ1) is 16.4. The van der Waals surface area contributed by atoms with Gasteiger partial charge in [-0.05, 0) is 30.9 Å². The molecule has 120 valence electrons. The Hall–Kier alpha value is -1.95. The number of pyridine rings is 1. The summed E-state index contributed by atoms with van der Waals surface area (Å²) >= 11 is 0. The number of carbonyl (C=O) groups excluding carboxylic acids is 1. The molecule has 0 spiro atoms. The third-order valence-corrected chi connectivity index (χ3v) is 3.71. The van der Waals surface area contributed by atoms with E-state index < -0.39 is 5.97 Å². The fraction of sp³-hybridized carbons (Fsp3) is 0.562. The monoisotopic (exact) mass is 306 g/mol. The number of rotatable bonds is 6. The fourth-order valence-electron chi connectivity index (χ4n) is 2.38. The maximum absolute atomic E-state index is 12.4. The van der Waals surface area contributed by atoms with Crippen LogP contribution >= 0.6 is 0 Å². The molecular weight excluding hydrogens is 284 g/mol. The minimum absolute atomic E-state index is 0.0727. The number of ether oxygens (including phenoxy) is 1. The second kappa shape index (κ2) is 7.35. The average molecular weight is 306 g/mol. The molecule has 1 atom stereocenters. The van der Waals surface area contributed by atoms with E-state index in [1.807, 2.05) is 0 Å². The summed E-state index contributed by atoms with van der Waals surface area (Å²) < 4.78 is 5.79. The Kier molecular flexibility index (Phi) is 5.49. The van der Waals surface area contributed by atoms with Gasteiger partial charge in [0, 0.05) is 31.5 Å². The van der Waals surface area contributed by atoms with Gasteiger partial charge in [0.2, 0.25) is 0 Å². The lowest BCUT2D eigenvalue weighted by molar-refractivity contribution is 0.0484. The van der Waals surface area contributed by atoms with Crippen molar-refractivity contribution in [2.45, 2.75) is 32.8 Å². The molecule has 22 heavy (non-hydrogen) atoms. The first-order valence-corrected chi connectivity index (χ1v) is 7.57. The zero-order chi connectivity index (χ0) is 16.1. The summed E-state index contributed by atoms with van der Waals surface area (Å²) in [6, 6.07) is 2.86. The van der Waals surface area contributed by atoms with Gasteiger partial charge in [-0.1, -0.05) is 13.8 Å². The third-order valence-electron chi connectivity index (χ3n) is 3.71. The summed E-state index contributed by atoms with van der Waals surface area (Å²) in [4.78, 5) is 28.7. The van der Waals surface area contributed by atoms with Crippen molar-refractivity contribution in [1.82, 2.24) is 9.88 Å². The van der Waals surface area contributed by atoms with Crippen molar-refractivity contribution in [2.75, 3.05) is 19.7 Å². The number of aromatic nitrogens is 1. The van der Waals surface area contributed by atoms with Crippen LogP contribution < -0.4 is 0 Å². The second-order valence-corrected chi connectivity index (χ2v) is 5.95. The van der Waals surface area contributed by atoms with Gasteiger partial charge in [0.05, 0.1) is 6.10 Å². The Morgan fingerprint density at radius 1 is 1.50 bits per heavy atom. The van der Waals surface area contributed by atoms with Crippen molar-refractivity contribution in [3.8, 4) is 0 Å².